The molecule has 0 bridgehead atoms. The maximum Gasteiger partial charge on any atom is 0.272 e. The first-order chi connectivity index (χ1) is 10.9. The number of nitrogens with zero attached hydrogens (tertiary/aromatic N) is 3. The van der Waals surface area contributed by atoms with Gasteiger partial charge in [0.2, 0.25) is 0 Å². The van der Waals surface area contributed by atoms with Crippen molar-refractivity contribution < 1.29 is 4.92 Å². The van der Waals surface area contributed by atoms with Crippen LogP contribution in [0, 0.1) is 23.0 Å². The topological polar surface area (TPSA) is 73.0 Å². The SMILES string of the molecule is Cc1c(CN[C@@H](C)[C@H](C)Cc2ccccc2[N+](=O)[O-])cnn1C. The number of hydrogen-bond donors (Lipinski definition) is 1. The number of nitro benzene ring substituents is 1. The van der Waals surface area contributed by atoms with E-state index in [2.05, 4.69) is 24.3 Å². The van der Waals surface area contributed by atoms with Gasteiger partial charge in [-0.3, -0.25) is 14.8 Å². The molecule has 1 N–H and O–H groups in total. The summed E-state index contributed by atoms with van der Waals surface area (Å²) in [6.45, 7) is 7.03. The Kier molecular flexibility index (Phi) is 5.50. The van der Waals surface area contributed by atoms with Crippen LogP contribution in [0.15, 0.2) is 30.5 Å². The predicted octanol–water partition coefficient (Wildman–Crippen LogP) is 2.99. The summed E-state index contributed by atoms with van der Waals surface area (Å²) in [6.07, 6.45) is 2.55. The molecule has 0 unspecified atom stereocenters. The van der Waals surface area contributed by atoms with Crippen LogP contribution in [0.25, 0.3) is 0 Å². The van der Waals surface area contributed by atoms with Crippen molar-refractivity contribution in [1.29, 1.82) is 0 Å². The predicted molar refractivity (Wildman–Crippen MR) is 90.2 cm³/mol. The average Bonchev–Trinajstić information content (AvgIpc) is 2.84. The molecular formula is C17H24N4O2. The lowest BCUT2D eigenvalue weighted by molar-refractivity contribution is -0.385. The van der Waals surface area contributed by atoms with Gasteiger partial charge in [-0.15, -0.1) is 0 Å². The van der Waals surface area contributed by atoms with Gasteiger partial charge in [0.25, 0.3) is 5.69 Å². The van der Waals surface area contributed by atoms with Crippen LogP contribution < -0.4 is 5.32 Å². The second kappa shape index (κ2) is 7.37. The van der Waals surface area contributed by atoms with E-state index in [1.165, 1.54) is 5.56 Å². The minimum Gasteiger partial charge on any atom is -0.310 e. The van der Waals surface area contributed by atoms with Gasteiger partial charge in [-0.05, 0) is 26.2 Å². The monoisotopic (exact) mass is 316 g/mol. The Morgan fingerprint density at radius 1 is 1.30 bits per heavy atom. The van der Waals surface area contributed by atoms with Crippen molar-refractivity contribution in [2.75, 3.05) is 0 Å². The summed E-state index contributed by atoms with van der Waals surface area (Å²) in [5, 5.41) is 18.8. The van der Waals surface area contributed by atoms with Gasteiger partial charge in [-0.2, -0.15) is 5.10 Å². The smallest absolute Gasteiger partial charge is 0.272 e. The molecule has 0 aliphatic heterocycles. The second-order valence-corrected chi connectivity index (χ2v) is 6.12. The molecule has 0 saturated carbocycles. The zero-order chi connectivity index (χ0) is 17.0. The number of aryl methyl sites for hydroxylation is 1. The lowest BCUT2D eigenvalue weighted by Gasteiger charge is -2.21. The van der Waals surface area contributed by atoms with Crippen LogP contribution >= 0.6 is 0 Å². The molecule has 23 heavy (non-hydrogen) atoms. The molecule has 6 nitrogen and oxygen atoms in total. The fourth-order valence-electron chi connectivity index (χ4n) is 2.58. The highest BCUT2D eigenvalue weighted by Crippen LogP contribution is 2.22. The van der Waals surface area contributed by atoms with Gasteiger partial charge >= 0.3 is 0 Å². The lowest BCUT2D eigenvalue weighted by atomic mass is 9.94. The zero-order valence-corrected chi connectivity index (χ0v) is 14.1. The standard InChI is InChI=1S/C17H24N4O2/c1-12(9-15-7-5-6-8-17(15)21(22)23)13(2)18-10-16-11-19-20(4)14(16)3/h5-8,11-13,18H,9-10H2,1-4H3/t12-,13+/m1/s1. The Hall–Kier alpha value is -2.21. The van der Waals surface area contributed by atoms with Crippen LogP contribution in [-0.4, -0.2) is 20.7 Å². The minimum atomic E-state index is -0.306. The van der Waals surface area contributed by atoms with Crippen molar-refractivity contribution in [1.82, 2.24) is 15.1 Å². The van der Waals surface area contributed by atoms with Crippen molar-refractivity contribution in [3.8, 4) is 0 Å². The van der Waals surface area contributed by atoms with Crippen LogP contribution in [0.3, 0.4) is 0 Å². The van der Waals surface area contributed by atoms with Crippen molar-refractivity contribution in [2.24, 2.45) is 13.0 Å². The van der Waals surface area contributed by atoms with E-state index in [-0.39, 0.29) is 22.6 Å². The molecule has 1 aromatic carbocycles. The summed E-state index contributed by atoms with van der Waals surface area (Å²) < 4.78 is 1.86. The summed E-state index contributed by atoms with van der Waals surface area (Å²) in [4.78, 5) is 10.8. The molecule has 1 heterocycles. The van der Waals surface area contributed by atoms with Crippen LogP contribution in [0.5, 0.6) is 0 Å². The number of benzene rings is 1. The third kappa shape index (κ3) is 4.16. The molecule has 1 aromatic heterocycles. The van der Waals surface area contributed by atoms with Crippen molar-refractivity contribution in [3.63, 3.8) is 0 Å². The average molecular weight is 316 g/mol. The molecular weight excluding hydrogens is 292 g/mol. The molecule has 2 aromatic rings. The van der Waals surface area contributed by atoms with Gasteiger partial charge in [0.1, 0.15) is 0 Å². The van der Waals surface area contributed by atoms with Gasteiger partial charge in [0, 0.05) is 42.5 Å². The van der Waals surface area contributed by atoms with Gasteiger partial charge in [0.15, 0.2) is 0 Å². The molecule has 2 rings (SSSR count). The fourth-order valence-corrected chi connectivity index (χ4v) is 2.58. The van der Waals surface area contributed by atoms with Gasteiger partial charge in [-0.1, -0.05) is 25.1 Å². The third-order valence-corrected chi connectivity index (χ3v) is 4.54. The molecule has 0 spiro atoms. The molecule has 0 radical (unpaired) electrons. The maximum absolute atomic E-state index is 11.1. The Morgan fingerprint density at radius 3 is 2.61 bits per heavy atom. The van der Waals surface area contributed by atoms with Gasteiger partial charge < -0.3 is 5.32 Å². The Bertz CT molecular complexity index is 681. The normalized spacial score (nSPS) is 13.7. The van der Waals surface area contributed by atoms with E-state index in [0.717, 1.165) is 17.8 Å². The Balaban J connectivity index is 1.96. The zero-order valence-electron chi connectivity index (χ0n) is 14.1. The second-order valence-electron chi connectivity index (χ2n) is 6.12. The summed E-state index contributed by atoms with van der Waals surface area (Å²) in [5.74, 6) is 0.285. The van der Waals surface area contributed by atoms with E-state index in [0.29, 0.717) is 6.42 Å². The number of hydrogen-bond acceptors (Lipinski definition) is 4. The van der Waals surface area contributed by atoms with E-state index in [1.54, 1.807) is 12.1 Å². The molecule has 0 aliphatic carbocycles. The van der Waals surface area contributed by atoms with E-state index in [1.807, 2.05) is 37.0 Å². The Labute approximate surface area is 136 Å². The molecule has 2 atom stereocenters. The van der Waals surface area contributed by atoms with E-state index in [4.69, 9.17) is 0 Å². The van der Waals surface area contributed by atoms with E-state index >= 15 is 0 Å². The summed E-state index contributed by atoms with van der Waals surface area (Å²) >= 11 is 0. The molecule has 0 fully saturated rings. The Morgan fingerprint density at radius 2 is 2.00 bits per heavy atom. The largest absolute Gasteiger partial charge is 0.310 e. The summed E-state index contributed by atoms with van der Waals surface area (Å²) in [6, 6.07) is 7.21. The highest BCUT2D eigenvalue weighted by atomic mass is 16.6. The van der Waals surface area contributed by atoms with Gasteiger partial charge in [-0.25, -0.2) is 0 Å². The first-order valence-corrected chi connectivity index (χ1v) is 7.83. The lowest BCUT2D eigenvalue weighted by Crippen LogP contribution is -2.33. The van der Waals surface area contributed by atoms with Crippen LogP contribution in [0.4, 0.5) is 5.69 Å². The minimum absolute atomic E-state index is 0.203. The first kappa shape index (κ1) is 17.1. The van der Waals surface area contributed by atoms with Crippen LogP contribution in [0.1, 0.15) is 30.7 Å². The molecule has 6 heteroatoms. The highest BCUT2D eigenvalue weighted by Gasteiger charge is 2.19. The molecule has 124 valence electrons. The number of para-hydroxylation sites is 1. The van der Waals surface area contributed by atoms with Crippen molar-refractivity contribution in [2.45, 2.75) is 39.8 Å². The molecule has 0 saturated heterocycles. The highest BCUT2D eigenvalue weighted by molar-refractivity contribution is 5.40. The maximum atomic E-state index is 11.1. The fraction of sp³-hybridized carbons (Fsp3) is 0.471. The number of nitrogens with one attached hydrogen (secondary N) is 1. The van der Waals surface area contributed by atoms with Crippen molar-refractivity contribution in [3.05, 3.63) is 57.4 Å². The third-order valence-electron chi connectivity index (χ3n) is 4.54. The summed E-state index contributed by atoms with van der Waals surface area (Å²) in [7, 11) is 1.93. The number of rotatable bonds is 7. The van der Waals surface area contributed by atoms with E-state index < -0.39 is 0 Å². The number of aromatic nitrogens is 2. The van der Waals surface area contributed by atoms with E-state index in [9.17, 15) is 10.1 Å². The molecule has 0 aliphatic rings. The summed E-state index contributed by atoms with van der Waals surface area (Å²) in [5.41, 5.74) is 3.32. The molecule has 0 amide bonds. The van der Waals surface area contributed by atoms with Crippen molar-refractivity contribution >= 4 is 5.69 Å². The quantitative estimate of drug-likeness (QED) is 0.629. The van der Waals surface area contributed by atoms with Gasteiger partial charge in [0.05, 0.1) is 11.1 Å². The number of nitro groups is 1. The first-order valence-electron chi connectivity index (χ1n) is 7.83. The van der Waals surface area contributed by atoms with Crippen LogP contribution in [-0.2, 0) is 20.0 Å². The van der Waals surface area contributed by atoms with Crippen LogP contribution in [0.2, 0.25) is 0 Å².